The van der Waals surface area contributed by atoms with Crippen LogP contribution < -0.4 is 35.5 Å². The fraction of sp³-hybridized carbons (Fsp3) is 0.955. The van der Waals surface area contributed by atoms with Gasteiger partial charge in [-0.2, -0.15) is 0 Å². The molecule has 0 saturated carbocycles. The monoisotopic (exact) mass is 2110 g/mol. The molecule has 0 rings (SSSR count). The lowest BCUT2D eigenvalue weighted by molar-refractivity contribution is -0.479. The van der Waals surface area contributed by atoms with E-state index in [-0.39, 0.29) is 0 Å². The van der Waals surface area contributed by atoms with E-state index in [0.29, 0.717) is 80.5 Å². The van der Waals surface area contributed by atoms with E-state index in [1.165, 1.54) is 129 Å². The van der Waals surface area contributed by atoms with Gasteiger partial charge in [0.25, 0.3) is 0 Å². The van der Waals surface area contributed by atoms with Crippen molar-refractivity contribution < 1.29 is 114 Å². The summed E-state index contributed by atoms with van der Waals surface area (Å²) in [5.41, 5.74) is 0. The molecule has 0 amide bonds. The Morgan fingerprint density at radius 1 is 0.172 bits per heavy atom. The maximum absolute atomic E-state index is 11.8. The van der Waals surface area contributed by atoms with Crippen LogP contribution in [0.4, 0.5) is 0 Å². The highest BCUT2D eigenvalue weighted by Crippen LogP contribution is 2.62. The van der Waals surface area contributed by atoms with E-state index in [1.807, 2.05) is 48.5 Å². The first-order chi connectivity index (χ1) is 59.2. The van der Waals surface area contributed by atoms with Gasteiger partial charge in [-0.3, -0.25) is 7.32 Å². The van der Waals surface area contributed by atoms with Crippen molar-refractivity contribution in [1.29, 1.82) is 0 Å². The molecule has 0 radical (unpaired) electrons. The molecule has 128 heavy (non-hydrogen) atoms. The normalized spacial score (nSPS) is 12.3. The van der Waals surface area contributed by atoms with E-state index in [2.05, 4.69) is 145 Å². The molecule has 0 saturated heterocycles. The Hall–Kier alpha value is 0.485. The number of sulfone groups is 7. The highest BCUT2D eigenvalue weighted by Gasteiger charge is 2.39. The summed E-state index contributed by atoms with van der Waals surface area (Å²) in [4.78, 5) is 35.7. The first-order valence-corrected chi connectivity index (χ1v) is 78.8. The molecule has 0 atom stereocenters. The van der Waals surface area contributed by atoms with Crippen LogP contribution in [0.3, 0.4) is 0 Å². The second kappa shape index (κ2) is 84.4. The van der Waals surface area contributed by atoms with E-state index < -0.39 is 151 Å². The fourth-order valence-electron chi connectivity index (χ4n) is 13.6. The predicted octanol–water partition coefficient (Wildman–Crippen LogP) is 12.0. The lowest BCUT2D eigenvalue weighted by atomic mass is 10.3. The van der Waals surface area contributed by atoms with Gasteiger partial charge in [0.15, 0.2) is 68.9 Å². The molecule has 0 bridgehead atoms. The fourth-order valence-corrected chi connectivity index (χ4v) is 54.8. The average Bonchev–Trinajstić information content (AvgIpc) is 0.903. The van der Waals surface area contributed by atoms with E-state index >= 15 is 0 Å². The van der Waals surface area contributed by atoms with Crippen molar-refractivity contribution >= 4 is 151 Å². The highest BCUT2D eigenvalue weighted by atomic mass is 32.2. The van der Waals surface area contributed by atoms with Crippen molar-refractivity contribution in [2.24, 2.45) is 0 Å². The molecule has 0 aromatic heterocycles. The molecule has 25 nitrogen and oxygen atoms in total. The van der Waals surface area contributed by atoms with Gasteiger partial charge in [0.2, 0.25) is 0 Å². The number of carboxylic acids is 4. The first kappa shape index (κ1) is 149. The van der Waals surface area contributed by atoms with Gasteiger partial charge < -0.3 is 54.7 Å². The Morgan fingerprint density at radius 3 is 0.289 bits per heavy atom. The van der Waals surface area contributed by atoms with Crippen LogP contribution in [-0.2, 0) is 88.0 Å². The lowest BCUT2D eigenvalue weighted by Gasteiger charge is -2.35. The lowest BCUT2D eigenvalue weighted by Crippen LogP contribution is -2.56. The molecule has 40 heteroatoms. The third kappa shape index (κ3) is 82.4. The van der Waals surface area contributed by atoms with Crippen LogP contribution in [0.25, 0.3) is 0 Å². The number of rotatable bonds is 63. The third-order valence-electron chi connectivity index (χ3n) is 26.2. The van der Waals surface area contributed by atoms with Crippen molar-refractivity contribution in [2.45, 2.75) is 284 Å². The van der Waals surface area contributed by atoms with Crippen molar-refractivity contribution in [2.75, 3.05) is 253 Å². The number of hydrogen-bond donors (Lipinski definition) is 0. The molecule has 0 heterocycles. The molecule has 778 valence electrons. The quantitative estimate of drug-likeness (QED) is 0.0310. The minimum Gasteiger partial charge on any atom is -0.907 e. The van der Waals surface area contributed by atoms with E-state index in [4.69, 9.17) is 54.7 Å². The smallest absolute Gasteiger partial charge is 0.153 e. The Bertz CT molecular complexity index is 2860. The molecule has 0 aliphatic heterocycles. The molecule has 0 fully saturated rings. The average molecular weight is 2110 g/mol. The summed E-state index contributed by atoms with van der Waals surface area (Å²) in [5.74, 6) is -3.03. The molecule has 0 N–H and O–H groups in total. The minimum absolute atomic E-state index is 0.390. The zero-order valence-corrected chi connectivity index (χ0v) is 98.3. The van der Waals surface area contributed by atoms with Gasteiger partial charge in [-0.25, -0.2) is 58.9 Å². The third-order valence-corrected chi connectivity index (χ3v) is 76.9. The molecule has 0 spiro atoms. The summed E-state index contributed by atoms with van der Waals surface area (Å²) < 4.78 is 165. The number of aliphatic carboxylic acids is 4. The van der Waals surface area contributed by atoms with Gasteiger partial charge in [0, 0.05) is 50.8 Å². The Kier molecular flexibility index (Phi) is 98.0. The Labute approximate surface area is 795 Å². The van der Waals surface area contributed by atoms with Gasteiger partial charge in [-0.05, 0) is 190 Å². The van der Waals surface area contributed by atoms with E-state index in [1.54, 1.807) is 0 Å². The van der Waals surface area contributed by atoms with Crippen molar-refractivity contribution in [3.63, 3.8) is 0 Å². The van der Waals surface area contributed by atoms with Gasteiger partial charge in [-0.15, -0.1) is 0 Å². The van der Waals surface area contributed by atoms with Crippen LogP contribution >= 0.6 is 50.8 Å². The first-order valence-electron chi connectivity index (χ1n) is 48.4. The van der Waals surface area contributed by atoms with Gasteiger partial charge in [0.05, 0.1) is 277 Å². The van der Waals surface area contributed by atoms with Crippen LogP contribution in [0.5, 0.6) is 0 Å². The van der Waals surface area contributed by atoms with Gasteiger partial charge >= 0.3 is 0 Å². The summed E-state index contributed by atoms with van der Waals surface area (Å²) >= 11 is 0. The van der Waals surface area contributed by atoms with Crippen LogP contribution in [0, 0.1) is 0 Å². The summed E-state index contributed by atoms with van der Waals surface area (Å²) in [6.45, 7) is 60.9. The summed E-state index contributed by atoms with van der Waals surface area (Å²) in [6.07, 6.45) is 44.3. The molecule has 0 aliphatic rings. The standard InChI is InChI=1S/7C12H28O2PS.2C2H2O4.BO3/c7*1-5-9-11-16(13,14)12-10-15(6-2,7-3)8-4;2*3-1(4)2(5)6;2-1(3)4/h7*5-12H2,1-4H3;2*(H,3,4)(H,5,6);/q7*+1;;;-3/p-4. The van der Waals surface area contributed by atoms with Crippen molar-refractivity contribution in [3.8, 4) is 0 Å². The summed E-state index contributed by atoms with van der Waals surface area (Å²) in [7, 11) is -29.0. The van der Waals surface area contributed by atoms with Crippen molar-refractivity contribution in [1.82, 2.24) is 0 Å². The second-order valence-electron chi connectivity index (χ2n) is 33.1. The van der Waals surface area contributed by atoms with Crippen molar-refractivity contribution in [3.05, 3.63) is 0 Å². The summed E-state index contributed by atoms with van der Waals surface area (Å²) in [5, 5.41) is 61.0. The molecule has 0 unspecified atom stereocenters. The van der Waals surface area contributed by atoms with Crippen LogP contribution in [-0.4, -0.2) is 343 Å². The highest BCUT2D eigenvalue weighted by molar-refractivity contribution is 7.94. The van der Waals surface area contributed by atoms with Gasteiger partial charge in [-0.1, -0.05) is 93.4 Å². The minimum atomic E-state index is -2.92. The van der Waals surface area contributed by atoms with Gasteiger partial charge in [0.1, 0.15) is 0 Å². The largest absolute Gasteiger partial charge is 0.907 e. The number of unbranched alkanes of at least 4 members (excludes halogenated alkanes) is 7. The predicted molar refractivity (Wildman–Crippen MR) is 565 cm³/mol. The number of hydrogen-bond acceptors (Lipinski definition) is 25. The topological polar surface area (TPSA) is 469 Å². The SMILES string of the molecule is CCCCS(=O)(=O)CC[P+](CC)(CC)CC.CCCCS(=O)(=O)CC[P+](CC)(CC)CC.CCCCS(=O)(=O)CC[P+](CC)(CC)CC.CCCCS(=O)(=O)CC[P+](CC)(CC)CC.CCCCS(=O)(=O)CC[P+](CC)(CC)CC.CCCCS(=O)(=O)CC[P+](CC)(CC)CC.CCCCS(=O)(=O)CC[P+](CC)(CC)CC.O=C([O-])C(=O)[O-].O=C([O-])C(=O)[O-].[O-]B([O-])[O-]. The van der Waals surface area contributed by atoms with Crippen LogP contribution in [0.15, 0.2) is 0 Å². The number of carbonyl (C=O) groups is 4. The maximum Gasteiger partial charge on any atom is 0.153 e. The van der Waals surface area contributed by atoms with E-state index in [0.717, 1.165) is 133 Å². The number of carbonyl (C=O) groups excluding carboxylic acids is 4. The maximum atomic E-state index is 11.8. The van der Waals surface area contributed by atoms with Crippen LogP contribution in [0.2, 0.25) is 0 Å². The number of carboxylic acid groups (broad SMARTS) is 4. The zero-order valence-electron chi connectivity index (χ0n) is 86.4. The summed E-state index contributed by atoms with van der Waals surface area (Å²) in [6, 6.07) is 0. The Balaban J connectivity index is -0.000000154. The molecule has 0 aromatic carbocycles. The molecular weight excluding hydrogens is 1910 g/mol. The zero-order chi connectivity index (χ0) is 102. The second-order valence-corrected chi connectivity index (χ2v) is 84.4. The van der Waals surface area contributed by atoms with Crippen LogP contribution in [0.1, 0.15) is 284 Å². The Morgan fingerprint density at radius 2 is 0.242 bits per heavy atom. The van der Waals surface area contributed by atoms with E-state index in [9.17, 15) is 58.9 Å². The molecule has 0 aliphatic carbocycles. The molecular formula is C88H196BO25P7S7. The molecule has 0 aromatic rings.